The molecule has 9 heteroatoms. The Kier molecular flexibility index (Phi) is 7.07. The average molecular weight is 504 g/mol. The van der Waals surface area contributed by atoms with Gasteiger partial charge in [-0.1, -0.05) is 54.2 Å². The van der Waals surface area contributed by atoms with Gasteiger partial charge in [-0.15, -0.1) is 0 Å². The molecule has 0 unspecified atom stereocenters. The van der Waals surface area contributed by atoms with Gasteiger partial charge in [0.2, 0.25) is 10.0 Å². The molecule has 4 rings (SSSR count). The Morgan fingerprint density at radius 1 is 0.971 bits per heavy atom. The van der Waals surface area contributed by atoms with Gasteiger partial charge in [0.15, 0.2) is 5.78 Å². The van der Waals surface area contributed by atoms with E-state index < -0.39 is 15.8 Å². The number of thioether (sulfide) groups is 1. The standard InChI is InChI=1S/C26H18FN3O3S2/c27-21-10-6-19(7-11-21)25-23(17-8-12-22(13-9-17)35(29,32)33)14-20(15-28)26(30-25)34-16-24(31)18-4-2-1-3-5-18/h1-14H,16H2,(H2,29,32,33). The maximum Gasteiger partial charge on any atom is 0.238 e. The predicted molar refractivity (Wildman–Crippen MR) is 133 cm³/mol. The quantitative estimate of drug-likeness (QED) is 0.279. The number of nitrogens with zero attached hydrogens (tertiary/aromatic N) is 2. The summed E-state index contributed by atoms with van der Waals surface area (Å²) in [5.74, 6) is -0.437. The fourth-order valence-electron chi connectivity index (χ4n) is 3.40. The number of aromatic nitrogens is 1. The highest BCUT2D eigenvalue weighted by Gasteiger charge is 2.18. The zero-order valence-corrected chi connectivity index (χ0v) is 19.8. The number of Topliss-reactive ketones (excluding diaryl/α,β-unsaturated/α-hetero) is 1. The first-order valence-electron chi connectivity index (χ1n) is 10.3. The van der Waals surface area contributed by atoms with Crippen molar-refractivity contribution in [3.63, 3.8) is 0 Å². The number of rotatable bonds is 7. The van der Waals surface area contributed by atoms with E-state index in [9.17, 15) is 22.9 Å². The van der Waals surface area contributed by atoms with Crippen LogP contribution < -0.4 is 5.14 Å². The van der Waals surface area contributed by atoms with Crippen LogP contribution in [0, 0.1) is 17.1 Å². The van der Waals surface area contributed by atoms with Crippen LogP contribution >= 0.6 is 11.8 Å². The SMILES string of the molecule is N#Cc1cc(-c2ccc(S(N)(=O)=O)cc2)c(-c2ccc(F)cc2)nc1SCC(=O)c1ccccc1. The number of halogens is 1. The smallest absolute Gasteiger partial charge is 0.238 e. The van der Waals surface area contributed by atoms with Gasteiger partial charge in [0.1, 0.15) is 16.9 Å². The molecule has 0 radical (unpaired) electrons. The Hall–Kier alpha value is -3.84. The maximum atomic E-state index is 13.6. The predicted octanol–water partition coefficient (Wildman–Crippen LogP) is 5.05. The molecule has 0 saturated carbocycles. The zero-order valence-electron chi connectivity index (χ0n) is 18.2. The number of nitrogens with two attached hydrogens (primary N) is 1. The van der Waals surface area contributed by atoms with Gasteiger partial charge >= 0.3 is 0 Å². The summed E-state index contributed by atoms with van der Waals surface area (Å²) in [4.78, 5) is 17.2. The zero-order chi connectivity index (χ0) is 25.0. The molecule has 0 saturated heterocycles. The first kappa shape index (κ1) is 24.3. The molecule has 0 atom stereocenters. The van der Waals surface area contributed by atoms with E-state index in [-0.39, 0.29) is 22.0 Å². The summed E-state index contributed by atoms with van der Waals surface area (Å²) in [6.45, 7) is 0. The van der Waals surface area contributed by atoms with Crippen molar-refractivity contribution in [1.82, 2.24) is 4.98 Å². The van der Waals surface area contributed by atoms with E-state index in [4.69, 9.17) is 5.14 Å². The molecule has 0 aliphatic carbocycles. The third kappa shape index (κ3) is 5.63. The molecule has 0 spiro atoms. The highest BCUT2D eigenvalue weighted by molar-refractivity contribution is 8.00. The van der Waals surface area contributed by atoms with Crippen LogP contribution in [-0.2, 0) is 10.0 Å². The monoisotopic (exact) mass is 503 g/mol. The highest BCUT2D eigenvalue weighted by atomic mass is 32.2. The molecule has 2 N–H and O–H groups in total. The first-order chi connectivity index (χ1) is 16.8. The highest BCUT2D eigenvalue weighted by Crippen LogP contribution is 2.35. The van der Waals surface area contributed by atoms with E-state index in [0.717, 1.165) is 11.8 Å². The van der Waals surface area contributed by atoms with Crippen LogP contribution in [0.1, 0.15) is 15.9 Å². The molecule has 0 aliphatic heterocycles. The number of ketones is 1. The summed E-state index contributed by atoms with van der Waals surface area (Å²) < 4.78 is 36.8. The number of nitriles is 1. The van der Waals surface area contributed by atoms with Crippen molar-refractivity contribution in [2.24, 2.45) is 5.14 Å². The topological polar surface area (TPSA) is 114 Å². The van der Waals surface area contributed by atoms with E-state index in [2.05, 4.69) is 11.1 Å². The number of carbonyl (C=O) groups excluding carboxylic acids is 1. The van der Waals surface area contributed by atoms with Crippen LogP contribution in [0.5, 0.6) is 0 Å². The second-order valence-corrected chi connectivity index (χ2v) is 10.0. The van der Waals surface area contributed by atoms with Gasteiger partial charge in [-0.05, 0) is 48.0 Å². The number of hydrogen-bond acceptors (Lipinski definition) is 6. The Labute approximate surface area is 206 Å². The Morgan fingerprint density at radius 2 is 1.60 bits per heavy atom. The number of carbonyl (C=O) groups is 1. The Morgan fingerprint density at radius 3 is 2.20 bits per heavy atom. The third-order valence-corrected chi connectivity index (χ3v) is 7.08. The molecule has 1 heterocycles. The number of sulfonamides is 1. The molecule has 0 aliphatic rings. The van der Waals surface area contributed by atoms with E-state index in [0.29, 0.717) is 33.0 Å². The van der Waals surface area contributed by atoms with Gasteiger partial charge in [-0.2, -0.15) is 5.26 Å². The molecule has 4 aromatic rings. The molecule has 174 valence electrons. The van der Waals surface area contributed by atoms with Crippen molar-refractivity contribution in [2.45, 2.75) is 9.92 Å². The molecule has 6 nitrogen and oxygen atoms in total. The first-order valence-corrected chi connectivity index (χ1v) is 12.8. The summed E-state index contributed by atoms with van der Waals surface area (Å²) in [7, 11) is -3.87. The molecular weight excluding hydrogens is 485 g/mol. The van der Waals surface area contributed by atoms with Crippen LogP contribution in [0.3, 0.4) is 0 Å². The lowest BCUT2D eigenvalue weighted by Gasteiger charge is -2.14. The van der Waals surface area contributed by atoms with Crippen molar-refractivity contribution in [3.05, 3.63) is 102 Å². The molecule has 0 amide bonds. The van der Waals surface area contributed by atoms with Gasteiger partial charge in [0, 0.05) is 16.7 Å². The normalized spacial score (nSPS) is 11.1. The van der Waals surface area contributed by atoms with Gasteiger partial charge in [0.05, 0.1) is 21.9 Å². The molecule has 1 aromatic heterocycles. The van der Waals surface area contributed by atoms with E-state index in [1.807, 2.05) is 6.07 Å². The van der Waals surface area contributed by atoms with E-state index >= 15 is 0 Å². The molecule has 0 fully saturated rings. The fraction of sp³-hybridized carbons (Fsp3) is 0.0385. The van der Waals surface area contributed by atoms with Gasteiger partial charge in [0.25, 0.3) is 0 Å². The summed E-state index contributed by atoms with van der Waals surface area (Å²) in [6.07, 6.45) is 0. The second-order valence-electron chi connectivity index (χ2n) is 7.50. The van der Waals surface area contributed by atoms with Crippen LogP contribution in [-0.4, -0.2) is 24.9 Å². The number of primary sulfonamides is 1. The summed E-state index contributed by atoms with van der Waals surface area (Å²) in [5, 5.41) is 15.3. The number of pyridine rings is 1. The summed E-state index contributed by atoms with van der Waals surface area (Å²) in [6, 6.07) is 24.2. The van der Waals surface area contributed by atoms with E-state index in [1.165, 1.54) is 24.3 Å². The van der Waals surface area contributed by atoms with Crippen LogP contribution in [0.4, 0.5) is 4.39 Å². The Balaban J connectivity index is 1.78. The lowest BCUT2D eigenvalue weighted by molar-refractivity contribution is 0.102. The van der Waals surface area contributed by atoms with Crippen molar-refractivity contribution in [2.75, 3.05) is 5.75 Å². The molecule has 0 bridgehead atoms. The van der Waals surface area contributed by atoms with Crippen molar-refractivity contribution >= 4 is 27.6 Å². The van der Waals surface area contributed by atoms with Crippen molar-refractivity contribution < 1.29 is 17.6 Å². The van der Waals surface area contributed by atoms with Crippen LogP contribution in [0.15, 0.2) is 94.9 Å². The average Bonchev–Trinajstić information content (AvgIpc) is 2.87. The number of hydrogen-bond donors (Lipinski definition) is 1. The van der Waals surface area contributed by atoms with Crippen molar-refractivity contribution in [3.8, 4) is 28.5 Å². The van der Waals surface area contributed by atoms with Crippen molar-refractivity contribution in [1.29, 1.82) is 5.26 Å². The van der Waals surface area contributed by atoms with Crippen LogP contribution in [0.2, 0.25) is 0 Å². The minimum Gasteiger partial charge on any atom is -0.293 e. The summed E-state index contributed by atoms with van der Waals surface area (Å²) in [5.41, 5.74) is 3.02. The molecular formula is C26H18FN3O3S2. The maximum absolute atomic E-state index is 13.6. The van der Waals surface area contributed by atoms with Gasteiger partial charge < -0.3 is 0 Å². The fourth-order valence-corrected chi connectivity index (χ4v) is 4.77. The largest absolute Gasteiger partial charge is 0.293 e. The number of benzene rings is 3. The van der Waals surface area contributed by atoms with Gasteiger partial charge in [-0.25, -0.2) is 22.9 Å². The third-order valence-electron chi connectivity index (χ3n) is 5.16. The van der Waals surface area contributed by atoms with E-state index in [1.54, 1.807) is 54.6 Å². The van der Waals surface area contributed by atoms with Gasteiger partial charge in [-0.3, -0.25) is 4.79 Å². The molecule has 35 heavy (non-hydrogen) atoms. The van der Waals surface area contributed by atoms with Crippen LogP contribution in [0.25, 0.3) is 22.4 Å². The molecule has 3 aromatic carbocycles. The Bertz CT molecular complexity index is 1530. The lowest BCUT2D eigenvalue weighted by Crippen LogP contribution is -2.11. The summed E-state index contributed by atoms with van der Waals surface area (Å²) >= 11 is 1.14. The second kappa shape index (κ2) is 10.2. The minimum atomic E-state index is -3.87. The lowest BCUT2D eigenvalue weighted by atomic mass is 9.98. The minimum absolute atomic E-state index is 0.0513.